The Balaban J connectivity index is 1.09. The molecule has 13 nitrogen and oxygen atoms in total. The van der Waals surface area contributed by atoms with Gasteiger partial charge in [0, 0.05) is 32.7 Å². The van der Waals surface area contributed by atoms with Crippen molar-refractivity contribution in [2.24, 2.45) is 52.3 Å². The highest BCUT2D eigenvalue weighted by Crippen LogP contribution is 2.68. The standard InChI is InChI=1S/C50H75NO12/c1-29(26-51(6)7)10-9-11-30(2)43-41(25-38-36-17-14-33-24-34(53)18-21-49(33,4)37(36)19-22-50(38,43)5)60-28-42-46(61-31(3)52)44(40(55)27-59-42)63-48-45(39(54)20-23-58-48)62-47(56)32-12-15-35(57-8)16-13-32/h12-13,15-16,29-30,33,36-39,41-46,48,54H,9-11,14,17-28H2,1-8H3/t29-,30-,33+,36-,37+,38+,39+,41+,42+,43+,44+,45-,46+,48+,49+,50+/m1/s1. The van der Waals surface area contributed by atoms with E-state index >= 15 is 0 Å². The molecule has 0 unspecified atom stereocenters. The zero-order valence-corrected chi connectivity index (χ0v) is 39.1. The Hall–Kier alpha value is -2.94. The number of benzene rings is 1. The molecule has 2 heterocycles. The van der Waals surface area contributed by atoms with Crippen molar-refractivity contribution in [3.8, 4) is 5.75 Å². The van der Waals surface area contributed by atoms with Gasteiger partial charge in [-0.2, -0.15) is 0 Å². The van der Waals surface area contributed by atoms with E-state index in [0.717, 1.165) is 57.9 Å². The van der Waals surface area contributed by atoms with Gasteiger partial charge in [0.25, 0.3) is 0 Å². The molecule has 4 aliphatic carbocycles. The molecule has 63 heavy (non-hydrogen) atoms. The van der Waals surface area contributed by atoms with Crippen molar-refractivity contribution in [2.75, 3.05) is 47.6 Å². The van der Waals surface area contributed by atoms with Crippen molar-refractivity contribution in [3.05, 3.63) is 29.8 Å². The highest BCUT2D eigenvalue weighted by molar-refractivity contribution is 5.89. The molecule has 2 saturated heterocycles. The largest absolute Gasteiger partial charge is 0.497 e. The Labute approximate surface area is 374 Å². The van der Waals surface area contributed by atoms with E-state index in [2.05, 4.69) is 46.7 Å². The van der Waals surface area contributed by atoms with E-state index in [4.69, 9.17) is 33.2 Å². The fourth-order valence-electron chi connectivity index (χ4n) is 13.6. The van der Waals surface area contributed by atoms with Gasteiger partial charge in [0.1, 0.15) is 24.2 Å². The van der Waals surface area contributed by atoms with Crippen LogP contribution in [-0.4, -0.2) is 124 Å². The number of methoxy groups -OCH3 is 1. The Morgan fingerprint density at radius 2 is 1.70 bits per heavy atom. The van der Waals surface area contributed by atoms with Gasteiger partial charge in [0.05, 0.1) is 38.1 Å². The number of carbonyl (C=O) groups excluding carboxylic acids is 4. The van der Waals surface area contributed by atoms with Gasteiger partial charge in [-0.05, 0) is 136 Å². The van der Waals surface area contributed by atoms with E-state index in [0.29, 0.717) is 59.4 Å². The molecule has 1 N–H and O–H groups in total. The maximum atomic E-state index is 13.7. The van der Waals surface area contributed by atoms with Crippen molar-refractivity contribution in [1.82, 2.24) is 4.90 Å². The molecule has 4 saturated carbocycles. The molecule has 352 valence electrons. The van der Waals surface area contributed by atoms with Crippen LogP contribution < -0.4 is 4.74 Å². The van der Waals surface area contributed by atoms with Gasteiger partial charge in [0.15, 0.2) is 30.4 Å². The van der Waals surface area contributed by atoms with Crippen molar-refractivity contribution in [1.29, 1.82) is 0 Å². The lowest BCUT2D eigenvalue weighted by atomic mass is 9.44. The number of hydrogen-bond donors (Lipinski definition) is 1. The fourth-order valence-corrected chi connectivity index (χ4v) is 13.6. The molecule has 6 aliphatic rings. The molecule has 0 amide bonds. The minimum atomic E-state index is -1.32. The molecule has 6 fully saturated rings. The number of ketones is 2. The van der Waals surface area contributed by atoms with Crippen LogP contribution in [0.4, 0.5) is 0 Å². The molecule has 0 spiro atoms. The van der Waals surface area contributed by atoms with E-state index < -0.39 is 54.5 Å². The van der Waals surface area contributed by atoms with Crippen molar-refractivity contribution in [2.45, 2.75) is 155 Å². The van der Waals surface area contributed by atoms with Crippen LogP contribution in [0.3, 0.4) is 0 Å². The van der Waals surface area contributed by atoms with Gasteiger partial charge >= 0.3 is 11.9 Å². The summed E-state index contributed by atoms with van der Waals surface area (Å²) in [6.07, 6.45) is 4.47. The quantitative estimate of drug-likeness (QED) is 0.173. The highest BCUT2D eigenvalue weighted by atomic mass is 16.7. The Bertz CT molecular complexity index is 1750. The summed E-state index contributed by atoms with van der Waals surface area (Å²) in [4.78, 5) is 54.5. The molecule has 0 bridgehead atoms. The van der Waals surface area contributed by atoms with Gasteiger partial charge < -0.3 is 43.2 Å². The van der Waals surface area contributed by atoms with Crippen molar-refractivity contribution in [3.63, 3.8) is 0 Å². The molecular weight excluding hydrogens is 807 g/mol. The fraction of sp³-hybridized carbons (Fsp3) is 0.800. The van der Waals surface area contributed by atoms with Crippen LogP contribution >= 0.6 is 0 Å². The number of nitrogens with zero attached hydrogens (tertiary/aromatic N) is 1. The van der Waals surface area contributed by atoms with E-state index in [1.54, 1.807) is 24.3 Å². The average molecular weight is 882 g/mol. The van der Waals surface area contributed by atoms with E-state index in [1.807, 2.05) is 0 Å². The zero-order valence-electron chi connectivity index (χ0n) is 39.1. The summed E-state index contributed by atoms with van der Waals surface area (Å²) >= 11 is 0. The average Bonchev–Trinajstić information content (AvgIpc) is 3.54. The predicted octanol–water partition coefficient (Wildman–Crippen LogP) is 6.84. The lowest BCUT2D eigenvalue weighted by Gasteiger charge is -2.60. The molecule has 2 aliphatic heterocycles. The van der Waals surface area contributed by atoms with Crippen molar-refractivity contribution < 1.29 is 57.4 Å². The minimum absolute atomic E-state index is 0.0661. The zero-order chi connectivity index (χ0) is 45.2. The second-order valence-electron chi connectivity index (χ2n) is 21.0. The second kappa shape index (κ2) is 20.3. The van der Waals surface area contributed by atoms with Crippen LogP contribution in [0, 0.1) is 52.3 Å². The Morgan fingerprint density at radius 1 is 0.937 bits per heavy atom. The lowest BCUT2D eigenvalue weighted by Crippen LogP contribution is -2.59. The monoisotopic (exact) mass is 882 g/mol. The number of fused-ring (bicyclic) bond motifs is 5. The third-order valence-corrected chi connectivity index (χ3v) is 16.6. The SMILES string of the molecule is COc1ccc(C(=O)O[C@H]2[C@H](O[C@H]3C(=O)CO[C@@H](CO[C@H]4C[C@H]5[C@@H]6CC[C@H]7CC(=O)CC[C@]7(C)[C@H]6CC[C@]5(C)[C@H]4[C@H](C)CCC[C@@H](C)CN(C)C)[C@@H]3OC(C)=O)OCC[C@@H]2O)cc1. The number of rotatable bonds is 16. The summed E-state index contributed by atoms with van der Waals surface area (Å²) in [5.74, 6) is 2.68. The first-order valence-electron chi connectivity index (χ1n) is 23.9. The first-order valence-corrected chi connectivity index (χ1v) is 23.9. The normalized spacial score (nSPS) is 38.8. The van der Waals surface area contributed by atoms with E-state index in [9.17, 15) is 24.3 Å². The molecule has 13 heteroatoms. The number of aliphatic hydroxyl groups is 1. The molecule has 7 rings (SSSR count). The predicted molar refractivity (Wildman–Crippen MR) is 234 cm³/mol. The van der Waals surface area contributed by atoms with Crippen LogP contribution in [0.5, 0.6) is 5.75 Å². The number of hydrogen-bond acceptors (Lipinski definition) is 13. The summed E-state index contributed by atoms with van der Waals surface area (Å²) in [5.41, 5.74) is 0.510. The summed E-state index contributed by atoms with van der Waals surface area (Å²) in [7, 11) is 5.79. The Morgan fingerprint density at radius 3 is 2.41 bits per heavy atom. The topological polar surface area (TPSA) is 156 Å². The van der Waals surface area contributed by atoms with Gasteiger partial charge in [-0.15, -0.1) is 0 Å². The molecule has 1 aromatic rings. The molecule has 0 radical (unpaired) electrons. The summed E-state index contributed by atoms with van der Waals surface area (Å²) in [5, 5.41) is 11.0. The van der Waals surface area contributed by atoms with Gasteiger partial charge in [-0.3, -0.25) is 14.4 Å². The minimum Gasteiger partial charge on any atom is -0.497 e. The number of Topliss-reactive ketones (excluding diaryl/α,β-unsaturated/α-hetero) is 2. The molecule has 1 aromatic carbocycles. The third kappa shape index (κ3) is 10.4. The van der Waals surface area contributed by atoms with E-state index in [1.165, 1.54) is 26.9 Å². The number of ether oxygens (including phenoxy) is 7. The van der Waals surface area contributed by atoms with Gasteiger partial charge in [-0.25, -0.2) is 4.79 Å². The maximum Gasteiger partial charge on any atom is 0.338 e. The van der Waals surface area contributed by atoms with Crippen LogP contribution in [0.2, 0.25) is 0 Å². The van der Waals surface area contributed by atoms with Crippen LogP contribution in [0.1, 0.15) is 122 Å². The molecular formula is C50H75NO12. The summed E-state index contributed by atoms with van der Waals surface area (Å²) < 4.78 is 42.3. The van der Waals surface area contributed by atoms with Crippen LogP contribution in [0.15, 0.2) is 24.3 Å². The Kier molecular flexibility index (Phi) is 15.5. The number of aliphatic hydroxyl groups excluding tert-OH is 1. The molecule has 16 atom stereocenters. The third-order valence-electron chi connectivity index (χ3n) is 16.6. The second-order valence-corrected chi connectivity index (χ2v) is 21.0. The van der Waals surface area contributed by atoms with Crippen LogP contribution in [0.25, 0.3) is 0 Å². The number of carbonyl (C=O) groups is 4. The summed E-state index contributed by atoms with van der Waals surface area (Å²) in [6, 6.07) is 6.36. The smallest absolute Gasteiger partial charge is 0.338 e. The molecule has 0 aromatic heterocycles. The first kappa shape index (κ1) is 48.0. The van der Waals surface area contributed by atoms with E-state index in [-0.39, 0.29) is 48.7 Å². The first-order chi connectivity index (χ1) is 30.0. The van der Waals surface area contributed by atoms with Gasteiger partial charge in [0.2, 0.25) is 0 Å². The summed E-state index contributed by atoms with van der Waals surface area (Å²) in [6.45, 7) is 12.0. The highest BCUT2D eigenvalue weighted by Gasteiger charge is 2.63. The van der Waals surface area contributed by atoms with Gasteiger partial charge in [-0.1, -0.05) is 40.5 Å². The lowest BCUT2D eigenvalue weighted by molar-refractivity contribution is -0.278. The van der Waals surface area contributed by atoms with Crippen LogP contribution in [-0.2, 0) is 42.8 Å². The van der Waals surface area contributed by atoms with Crippen molar-refractivity contribution >= 4 is 23.5 Å². The maximum absolute atomic E-state index is 13.7. The number of esters is 2.